The number of nitrogens with zero attached hydrogens (tertiary/aromatic N) is 2. The molecule has 134 valence electrons. The molecule has 0 fully saturated rings. The largest absolute Gasteiger partial charge is 0.326 e. The van der Waals surface area contributed by atoms with Crippen molar-refractivity contribution in [2.24, 2.45) is 0 Å². The summed E-state index contributed by atoms with van der Waals surface area (Å²) in [4.78, 5) is 12.3. The molecule has 0 aliphatic rings. The molecule has 2 aromatic carbocycles. The number of carbonyl (C=O) groups is 1. The van der Waals surface area contributed by atoms with Crippen LogP contribution in [-0.4, -0.2) is 20.7 Å². The average Bonchev–Trinajstić information content (AvgIpc) is 2.97. The van der Waals surface area contributed by atoms with Crippen LogP contribution in [-0.2, 0) is 11.3 Å². The molecule has 1 amide bonds. The molecule has 0 saturated carbocycles. The molecule has 5 nitrogen and oxygen atoms in total. The van der Waals surface area contributed by atoms with Gasteiger partial charge in [0.15, 0.2) is 10.6 Å². The van der Waals surface area contributed by atoms with E-state index >= 15 is 0 Å². The predicted molar refractivity (Wildman–Crippen MR) is 107 cm³/mol. The monoisotopic (exact) mass is 366 g/mol. The van der Waals surface area contributed by atoms with Crippen LogP contribution in [0.25, 0.3) is 11.4 Å². The van der Waals surface area contributed by atoms with Gasteiger partial charge in [-0.25, -0.2) is 0 Å². The Hall–Kier alpha value is -2.73. The van der Waals surface area contributed by atoms with E-state index in [1.807, 2.05) is 54.8 Å². The van der Waals surface area contributed by atoms with E-state index in [4.69, 9.17) is 12.2 Å². The van der Waals surface area contributed by atoms with Crippen molar-refractivity contribution in [2.45, 2.75) is 33.7 Å². The minimum atomic E-state index is -0.0495. The van der Waals surface area contributed by atoms with Crippen LogP contribution in [0.15, 0.2) is 42.5 Å². The van der Waals surface area contributed by atoms with Crippen molar-refractivity contribution in [3.05, 3.63) is 63.9 Å². The lowest BCUT2D eigenvalue weighted by Crippen LogP contribution is -2.15. The Bertz CT molecular complexity index is 1000. The first-order valence-corrected chi connectivity index (χ1v) is 8.94. The Balaban J connectivity index is 1.72. The van der Waals surface area contributed by atoms with Gasteiger partial charge in [0.2, 0.25) is 5.91 Å². The number of anilines is 1. The van der Waals surface area contributed by atoms with E-state index in [0.717, 1.165) is 28.2 Å². The fraction of sp³-hybridized carbons (Fsp3) is 0.250. The van der Waals surface area contributed by atoms with Gasteiger partial charge in [-0.05, 0) is 62.3 Å². The van der Waals surface area contributed by atoms with Crippen LogP contribution in [0.2, 0.25) is 0 Å². The van der Waals surface area contributed by atoms with Crippen molar-refractivity contribution in [3.63, 3.8) is 0 Å². The second-order valence-corrected chi connectivity index (χ2v) is 6.86. The fourth-order valence-corrected chi connectivity index (χ4v) is 3.01. The number of carbonyl (C=O) groups excluding carboxylic acids is 1. The number of rotatable bonds is 5. The van der Waals surface area contributed by atoms with Gasteiger partial charge >= 0.3 is 0 Å². The summed E-state index contributed by atoms with van der Waals surface area (Å²) in [5.41, 5.74) is 5.30. The van der Waals surface area contributed by atoms with E-state index in [1.54, 1.807) is 0 Å². The summed E-state index contributed by atoms with van der Waals surface area (Å²) in [6.45, 7) is 6.58. The summed E-state index contributed by atoms with van der Waals surface area (Å²) in [6, 6.07) is 14.0. The molecule has 0 saturated heterocycles. The Kier molecular flexibility index (Phi) is 5.32. The maximum absolute atomic E-state index is 12.3. The van der Waals surface area contributed by atoms with Crippen molar-refractivity contribution in [2.75, 3.05) is 5.32 Å². The lowest BCUT2D eigenvalue weighted by atomic mass is 10.1. The molecule has 0 spiro atoms. The SMILES string of the molecule is Cc1cccc(-c2n[nH]c(=S)n2CCC(=O)Nc2ccc(C)c(C)c2)c1. The average molecular weight is 366 g/mol. The molecule has 6 heteroatoms. The highest BCUT2D eigenvalue weighted by Crippen LogP contribution is 2.19. The fourth-order valence-electron chi connectivity index (χ4n) is 2.79. The molecular formula is C20H22N4OS. The number of nitrogens with one attached hydrogen (secondary N) is 2. The summed E-state index contributed by atoms with van der Waals surface area (Å²) < 4.78 is 2.38. The summed E-state index contributed by atoms with van der Waals surface area (Å²) >= 11 is 5.33. The van der Waals surface area contributed by atoms with Crippen LogP contribution < -0.4 is 5.32 Å². The molecule has 0 aliphatic carbocycles. The number of benzene rings is 2. The van der Waals surface area contributed by atoms with Gasteiger partial charge in [0.05, 0.1) is 0 Å². The topological polar surface area (TPSA) is 62.7 Å². The standard InChI is InChI=1S/C20H22N4OS/c1-13-5-4-6-16(11-13)19-22-23-20(26)24(19)10-9-18(25)21-17-8-7-14(2)15(3)12-17/h4-8,11-12H,9-10H2,1-3H3,(H,21,25)(H,23,26). The van der Waals surface area contributed by atoms with Crippen LogP contribution in [0.4, 0.5) is 5.69 Å². The number of aryl methyl sites for hydroxylation is 3. The molecule has 3 aromatic rings. The van der Waals surface area contributed by atoms with Crippen molar-refractivity contribution >= 4 is 23.8 Å². The third kappa shape index (κ3) is 4.08. The van der Waals surface area contributed by atoms with Crippen LogP contribution in [0.1, 0.15) is 23.1 Å². The van der Waals surface area contributed by atoms with Gasteiger partial charge in [0, 0.05) is 24.2 Å². The maximum Gasteiger partial charge on any atom is 0.226 e. The second kappa shape index (κ2) is 7.66. The van der Waals surface area contributed by atoms with Crippen LogP contribution >= 0.6 is 12.2 Å². The number of aromatic nitrogens is 3. The van der Waals surface area contributed by atoms with Crippen LogP contribution in [0.3, 0.4) is 0 Å². The van der Waals surface area contributed by atoms with E-state index < -0.39 is 0 Å². The van der Waals surface area contributed by atoms with E-state index in [2.05, 4.69) is 28.5 Å². The van der Waals surface area contributed by atoms with E-state index in [-0.39, 0.29) is 5.91 Å². The number of hydrogen-bond acceptors (Lipinski definition) is 3. The van der Waals surface area contributed by atoms with Crippen LogP contribution in [0.5, 0.6) is 0 Å². The third-order valence-corrected chi connectivity index (χ3v) is 4.70. The highest BCUT2D eigenvalue weighted by atomic mass is 32.1. The zero-order valence-corrected chi connectivity index (χ0v) is 16.0. The summed E-state index contributed by atoms with van der Waals surface area (Å²) in [5, 5.41) is 10.1. The molecule has 0 aliphatic heterocycles. The molecule has 3 rings (SSSR count). The summed E-state index contributed by atoms with van der Waals surface area (Å²) in [5.74, 6) is 0.698. The number of amides is 1. The molecule has 0 radical (unpaired) electrons. The first-order valence-electron chi connectivity index (χ1n) is 8.53. The molecule has 2 N–H and O–H groups in total. The highest BCUT2D eigenvalue weighted by Gasteiger charge is 2.11. The normalized spacial score (nSPS) is 10.7. The summed E-state index contributed by atoms with van der Waals surface area (Å²) in [7, 11) is 0. The third-order valence-electron chi connectivity index (χ3n) is 4.39. The first kappa shape index (κ1) is 18.1. The maximum atomic E-state index is 12.3. The van der Waals surface area contributed by atoms with Gasteiger partial charge in [0.25, 0.3) is 0 Å². The van der Waals surface area contributed by atoms with Crippen LogP contribution in [0, 0.1) is 25.5 Å². The van der Waals surface area contributed by atoms with E-state index in [1.165, 1.54) is 5.56 Å². The molecule has 1 heterocycles. The lowest BCUT2D eigenvalue weighted by Gasteiger charge is -2.09. The highest BCUT2D eigenvalue weighted by molar-refractivity contribution is 7.71. The molecule has 26 heavy (non-hydrogen) atoms. The van der Waals surface area contributed by atoms with E-state index in [0.29, 0.717) is 17.7 Å². The van der Waals surface area contributed by atoms with Gasteiger partial charge in [-0.1, -0.05) is 29.8 Å². The lowest BCUT2D eigenvalue weighted by molar-refractivity contribution is -0.116. The minimum absolute atomic E-state index is 0.0495. The van der Waals surface area contributed by atoms with Gasteiger partial charge in [-0.2, -0.15) is 5.10 Å². The Morgan fingerprint density at radius 3 is 2.69 bits per heavy atom. The zero-order chi connectivity index (χ0) is 18.7. The number of aromatic amines is 1. The smallest absolute Gasteiger partial charge is 0.226 e. The van der Waals surface area contributed by atoms with Gasteiger partial charge in [0.1, 0.15) is 0 Å². The Morgan fingerprint density at radius 2 is 1.96 bits per heavy atom. The Morgan fingerprint density at radius 1 is 1.15 bits per heavy atom. The summed E-state index contributed by atoms with van der Waals surface area (Å²) in [6.07, 6.45) is 0.319. The molecule has 0 atom stereocenters. The van der Waals surface area contributed by atoms with Crippen molar-refractivity contribution < 1.29 is 4.79 Å². The molecule has 0 bridgehead atoms. The Labute approximate surface area is 158 Å². The van der Waals surface area contributed by atoms with Crippen molar-refractivity contribution in [3.8, 4) is 11.4 Å². The molecule has 1 aromatic heterocycles. The zero-order valence-electron chi connectivity index (χ0n) is 15.2. The second-order valence-electron chi connectivity index (χ2n) is 6.47. The van der Waals surface area contributed by atoms with Crippen molar-refractivity contribution in [1.82, 2.24) is 14.8 Å². The quantitative estimate of drug-likeness (QED) is 0.651. The first-order chi connectivity index (χ1) is 12.4. The van der Waals surface area contributed by atoms with Gasteiger partial charge in [-0.3, -0.25) is 14.5 Å². The van der Waals surface area contributed by atoms with Gasteiger partial charge in [-0.15, -0.1) is 0 Å². The predicted octanol–water partition coefficient (Wildman–Crippen LogP) is 4.56. The number of H-pyrrole nitrogens is 1. The minimum Gasteiger partial charge on any atom is -0.326 e. The van der Waals surface area contributed by atoms with Gasteiger partial charge < -0.3 is 5.32 Å². The molecule has 0 unspecified atom stereocenters. The van der Waals surface area contributed by atoms with Crippen molar-refractivity contribution in [1.29, 1.82) is 0 Å². The number of hydrogen-bond donors (Lipinski definition) is 2. The molecular weight excluding hydrogens is 344 g/mol. The van der Waals surface area contributed by atoms with E-state index in [9.17, 15) is 4.79 Å².